The summed E-state index contributed by atoms with van der Waals surface area (Å²) in [6.07, 6.45) is 0.855. The molecule has 0 aliphatic heterocycles. The quantitative estimate of drug-likeness (QED) is 0.0834. The van der Waals surface area contributed by atoms with E-state index in [9.17, 15) is 19.1 Å². The van der Waals surface area contributed by atoms with E-state index in [0.29, 0.717) is 18.4 Å². The summed E-state index contributed by atoms with van der Waals surface area (Å²) in [6, 6.07) is 0. The molecule has 0 N–H and O–H groups in total. The van der Waals surface area contributed by atoms with Gasteiger partial charge >= 0.3 is 65.1 Å². The number of phosphoric acid groups is 1. The van der Waals surface area contributed by atoms with E-state index in [1.807, 2.05) is 0 Å². The molecular weight excluding hydrogens is 285 g/mol. The van der Waals surface area contributed by atoms with Crippen LogP contribution in [-0.2, 0) is 23.7 Å². The second-order valence-corrected chi connectivity index (χ2v) is 4.01. The minimum atomic E-state index is -5.07. The van der Waals surface area contributed by atoms with Crippen molar-refractivity contribution >= 4 is 13.8 Å². The third-order valence-electron chi connectivity index (χ3n) is 1.35. The van der Waals surface area contributed by atoms with Crippen LogP contribution in [0.5, 0.6) is 0 Å². The van der Waals surface area contributed by atoms with Crippen LogP contribution < -0.4 is 68.9 Å². The number of carbonyl (C=O) groups excluding carboxylic acids is 1. The molecule has 0 rings (SSSR count). The first kappa shape index (κ1) is 24.3. The SMILES string of the molecule is C=C(C)C(=O)OCCCCOOP(=O)([O-])[O-].[Na+].[Na+]. The maximum atomic E-state index is 10.9. The predicted octanol–water partition coefficient (Wildman–Crippen LogP) is -6.33. The van der Waals surface area contributed by atoms with Gasteiger partial charge in [0.1, 0.15) is 7.82 Å². The molecule has 10 heteroatoms. The molecule has 0 aromatic rings. The summed E-state index contributed by atoms with van der Waals surface area (Å²) >= 11 is 0. The van der Waals surface area contributed by atoms with Gasteiger partial charge < -0.3 is 19.1 Å². The minimum absolute atomic E-state index is 0. The van der Waals surface area contributed by atoms with E-state index < -0.39 is 13.8 Å². The summed E-state index contributed by atoms with van der Waals surface area (Å²) in [5.41, 5.74) is 0.304. The molecule has 0 bridgehead atoms. The van der Waals surface area contributed by atoms with E-state index in [0.717, 1.165) is 0 Å². The van der Waals surface area contributed by atoms with Gasteiger partial charge in [-0.1, -0.05) is 6.58 Å². The van der Waals surface area contributed by atoms with Crippen molar-refractivity contribution in [3.63, 3.8) is 0 Å². The molecule has 0 saturated carbocycles. The molecule has 0 unspecified atom stereocenters. The molecule has 0 aromatic heterocycles. The van der Waals surface area contributed by atoms with E-state index in [1.54, 1.807) is 0 Å². The summed E-state index contributed by atoms with van der Waals surface area (Å²) in [5, 5.41) is 0. The molecule has 7 nitrogen and oxygen atoms in total. The molecular formula is C8H13Na2O7P. The molecule has 0 saturated heterocycles. The monoisotopic (exact) mass is 298 g/mol. The van der Waals surface area contributed by atoms with Gasteiger partial charge in [0, 0.05) is 5.57 Å². The number of unbranched alkanes of at least 4 members (excludes halogenated alkanes) is 1. The third-order valence-corrected chi connectivity index (χ3v) is 1.64. The molecule has 0 fully saturated rings. The first-order chi connectivity index (χ1) is 7.33. The van der Waals surface area contributed by atoms with Crippen molar-refractivity contribution in [1.29, 1.82) is 0 Å². The average molecular weight is 298 g/mol. The smallest absolute Gasteiger partial charge is 0.788 e. The van der Waals surface area contributed by atoms with Gasteiger partial charge in [0.25, 0.3) is 0 Å². The second-order valence-electron chi connectivity index (χ2n) is 2.97. The van der Waals surface area contributed by atoms with Crippen molar-refractivity contribution < 1.29 is 92.6 Å². The molecule has 94 valence electrons. The van der Waals surface area contributed by atoms with Crippen molar-refractivity contribution in [3.8, 4) is 0 Å². The Morgan fingerprint density at radius 3 is 2.17 bits per heavy atom. The van der Waals surface area contributed by atoms with Crippen LogP contribution in [0.2, 0.25) is 0 Å². The van der Waals surface area contributed by atoms with Crippen molar-refractivity contribution in [2.75, 3.05) is 13.2 Å². The number of hydrogen-bond acceptors (Lipinski definition) is 7. The van der Waals surface area contributed by atoms with Gasteiger partial charge in [0.05, 0.1) is 13.2 Å². The predicted molar refractivity (Wildman–Crippen MR) is 49.7 cm³/mol. The Morgan fingerprint density at radius 2 is 1.72 bits per heavy atom. The number of rotatable bonds is 8. The fourth-order valence-electron chi connectivity index (χ4n) is 0.653. The minimum Gasteiger partial charge on any atom is -0.788 e. The van der Waals surface area contributed by atoms with Gasteiger partial charge in [-0.25, -0.2) is 14.4 Å². The van der Waals surface area contributed by atoms with Gasteiger partial charge in [-0.2, -0.15) is 0 Å². The van der Waals surface area contributed by atoms with Crippen molar-refractivity contribution in [1.82, 2.24) is 0 Å². The van der Waals surface area contributed by atoms with Gasteiger partial charge in [-0.15, -0.1) is 0 Å². The number of carbonyl (C=O) groups is 1. The first-order valence-corrected chi connectivity index (χ1v) is 5.95. The van der Waals surface area contributed by atoms with E-state index in [2.05, 4.69) is 16.1 Å². The third kappa shape index (κ3) is 17.3. The van der Waals surface area contributed by atoms with Crippen LogP contribution in [0.15, 0.2) is 12.2 Å². The summed E-state index contributed by atoms with van der Waals surface area (Å²) in [4.78, 5) is 34.8. The van der Waals surface area contributed by atoms with E-state index in [-0.39, 0.29) is 72.3 Å². The van der Waals surface area contributed by atoms with Crippen LogP contribution in [0.3, 0.4) is 0 Å². The Morgan fingerprint density at radius 1 is 1.22 bits per heavy atom. The Kier molecular flexibility index (Phi) is 17.9. The molecule has 0 spiro atoms. The van der Waals surface area contributed by atoms with Crippen molar-refractivity contribution in [3.05, 3.63) is 12.2 Å². The number of hydrogen-bond donors (Lipinski definition) is 0. The Balaban J connectivity index is -0.00000112. The molecule has 0 heterocycles. The molecule has 18 heavy (non-hydrogen) atoms. The molecule has 0 atom stereocenters. The van der Waals surface area contributed by atoms with E-state index in [1.165, 1.54) is 6.92 Å². The van der Waals surface area contributed by atoms with Gasteiger partial charge in [-0.05, 0) is 19.8 Å². The van der Waals surface area contributed by atoms with Crippen LogP contribution in [0, 0.1) is 0 Å². The zero-order valence-electron chi connectivity index (χ0n) is 10.8. The average Bonchev–Trinajstić information content (AvgIpc) is 2.14. The largest absolute Gasteiger partial charge is 1.00 e. The summed E-state index contributed by atoms with van der Waals surface area (Å²) in [6.45, 7) is 5.02. The zero-order valence-corrected chi connectivity index (χ0v) is 15.7. The maximum Gasteiger partial charge on any atom is 1.00 e. The molecule has 0 radical (unpaired) electrons. The molecule has 0 aliphatic rings. The fourth-order valence-corrected chi connectivity index (χ4v) is 0.857. The number of esters is 1. The van der Waals surface area contributed by atoms with Gasteiger partial charge in [0.2, 0.25) is 0 Å². The van der Waals surface area contributed by atoms with Gasteiger partial charge in [0.15, 0.2) is 0 Å². The van der Waals surface area contributed by atoms with E-state index in [4.69, 9.17) is 4.74 Å². The van der Waals surface area contributed by atoms with Crippen molar-refractivity contribution in [2.24, 2.45) is 0 Å². The standard InChI is InChI=1S/C8H15O7P.2Na/c1-7(2)8(9)13-5-3-4-6-14-15-16(10,11)12;;/h1,3-6H2,2H3,(H2,10,11,12);;/q;2*+1/p-2. The molecule has 0 aromatic carbocycles. The Hall–Kier alpha value is 1.28. The van der Waals surface area contributed by atoms with Gasteiger partial charge in [-0.3, -0.25) is 0 Å². The van der Waals surface area contributed by atoms with Crippen LogP contribution in [0.25, 0.3) is 0 Å². The summed E-state index contributed by atoms with van der Waals surface area (Å²) < 4.78 is 18.2. The second kappa shape index (κ2) is 13.3. The summed E-state index contributed by atoms with van der Waals surface area (Å²) in [5.74, 6) is -0.485. The molecule has 0 amide bonds. The topological polar surface area (TPSA) is 108 Å². The van der Waals surface area contributed by atoms with Crippen LogP contribution in [-0.4, -0.2) is 19.2 Å². The Bertz CT molecular complexity index is 291. The Labute approximate surface area is 150 Å². The van der Waals surface area contributed by atoms with E-state index >= 15 is 0 Å². The van der Waals surface area contributed by atoms with Crippen molar-refractivity contribution in [2.45, 2.75) is 19.8 Å². The maximum absolute atomic E-state index is 10.9. The van der Waals surface area contributed by atoms with Crippen LogP contribution in [0.1, 0.15) is 19.8 Å². The number of ether oxygens (including phenoxy) is 1. The summed E-state index contributed by atoms with van der Waals surface area (Å²) in [7, 11) is -5.07. The normalized spacial score (nSPS) is 9.94. The zero-order chi connectivity index (χ0) is 12.6. The molecule has 0 aliphatic carbocycles. The van der Waals surface area contributed by atoms with Crippen LogP contribution in [0.4, 0.5) is 0 Å². The first-order valence-electron chi connectivity index (χ1n) is 4.49. The van der Waals surface area contributed by atoms with Crippen LogP contribution >= 0.6 is 7.82 Å². The fraction of sp³-hybridized carbons (Fsp3) is 0.625.